The highest BCUT2D eigenvalue weighted by Crippen LogP contribution is 2.31. The molecule has 7 nitrogen and oxygen atoms in total. The smallest absolute Gasteiger partial charge is 0.254 e. The second-order valence-electron chi connectivity index (χ2n) is 11.5. The summed E-state index contributed by atoms with van der Waals surface area (Å²) in [4.78, 5) is 21.9. The summed E-state index contributed by atoms with van der Waals surface area (Å²) in [5.41, 5.74) is 4.17. The van der Waals surface area contributed by atoms with Crippen molar-refractivity contribution in [3.8, 4) is 5.75 Å². The third-order valence-corrected chi connectivity index (χ3v) is 8.73. The van der Waals surface area contributed by atoms with Crippen LogP contribution in [0.4, 0.5) is 4.39 Å². The maximum Gasteiger partial charge on any atom is 0.254 e. The molecule has 1 amide bonds. The van der Waals surface area contributed by atoms with E-state index in [4.69, 9.17) is 9.47 Å². The number of carbonyl (C=O) groups excluding carboxylic acids is 1. The molecule has 3 atom stereocenters. The van der Waals surface area contributed by atoms with Gasteiger partial charge in [0.25, 0.3) is 5.91 Å². The van der Waals surface area contributed by atoms with Crippen molar-refractivity contribution in [1.82, 2.24) is 20.1 Å². The summed E-state index contributed by atoms with van der Waals surface area (Å²) >= 11 is 0. The van der Waals surface area contributed by atoms with Crippen LogP contribution in [0.15, 0.2) is 42.5 Å². The number of ether oxygens (including phenoxy) is 2. The molecule has 0 unspecified atom stereocenters. The van der Waals surface area contributed by atoms with Gasteiger partial charge in [-0.3, -0.25) is 9.69 Å². The van der Waals surface area contributed by atoms with Gasteiger partial charge in [-0.05, 0) is 79.8 Å². The first-order chi connectivity index (χ1) is 19.1. The minimum Gasteiger partial charge on any atom is -0.489 e. The average Bonchev–Trinajstić information content (AvgIpc) is 3.71. The minimum atomic E-state index is -0.263. The van der Waals surface area contributed by atoms with Gasteiger partial charge in [0.2, 0.25) is 0 Å². The van der Waals surface area contributed by atoms with Crippen molar-refractivity contribution in [1.29, 1.82) is 0 Å². The Morgan fingerprint density at radius 2 is 2.08 bits per heavy atom. The molecular formula is C31H35FN4O3. The zero-order chi connectivity index (χ0) is 26.3. The summed E-state index contributed by atoms with van der Waals surface area (Å²) in [6.45, 7) is 6.33. The Bertz CT molecular complexity index is 1390. The zero-order valence-corrected chi connectivity index (χ0v) is 22.2. The van der Waals surface area contributed by atoms with Gasteiger partial charge >= 0.3 is 0 Å². The van der Waals surface area contributed by atoms with E-state index < -0.39 is 0 Å². The highest BCUT2D eigenvalue weighted by atomic mass is 19.1. The fourth-order valence-electron chi connectivity index (χ4n) is 6.63. The van der Waals surface area contributed by atoms with Crippen molar-refractivity contribution >= 4 is 16.8 Å². The normalized spacial score (nSPS) is 25.5. The van der Waals surface area contributed by atoms with Crippen molar-refractivity contribution < 1.29 is 18.7 Å². The van der Waals surface area contributed by atoms with Crippen LogP contribution in [0.1, 0.15) is 58.8 Å². The van der Waals surface area contributed by atoms with Crippen LogP contribution in [-0.2, 0) is 17.8 Å². The van der Waals surface area contributed by atoms with Crippen molar-refractivity contribution in [3.05, 3.63) is 70.7 Å². The van der Waals surface area contributed by atoms with Gasteiger partial charge in [0.15, 0.2) is 0 Å². The van der Waals surface area contributed by atoms with Crippen LogP contribution in [0.2, 0.25) is 0 Å². The third-order valence-electron chi connectivity index (χ3n) is 8.73. The van der Waals surface area contributed by atoms with Gasteiger partial charge in [0, 0.05) is 67.9 Å². The Labute approximate surface area is 228 Å². The molecule has 3 saturated heterocycles. The van der Waals surface area contributed by atoms with E-state index in [9.17, 15) is 4.79 Å². The Morgan fingerprint density at radius 3 is 2.92 bits per heavy atom. The van der Waals surface area contributed by atoms with Crippen molar-refractivity contribution in [3.63, 3.8) is 0 Å². The van der Waals surface area contributed by atoms with Crippen molar-refractivity contribution in [2.75, 3.05) is 39.4 Å². The van der Waals surface area contributed by atoms with Crippen molar-refractivity contribution in [2.24, 2.45) is 0 Å². The van der Waals surface area contributed by atoms with Gasteiger partial charge in [0.1, 0.15) is 23.2 Å². The summed E-state index contributed by atoms with van der Waals surface area (Å²) in [5, 5.41) is 4.25. The van der Waals surface area contributed by atoms with Crippen LogP contribution >= 0.6 is 0 Å². The molecule has 0 saturated carbocycles. The number of nitrogens with zero attached hydrogens (tertiary/aromatic N) is 3. The third kappa shape index (κ3) is 5.01. The van der Waals surface area contributed by atoms with Gasteiger partial charge in [-0.1, -0.05) is 6.07 Å². The molecule has 204 valence electrons. The molecule has 0 spiro atoms. The van der Waals surface area contributed by atoms with Crippen LogP contribution in [0.25, 0.3) is 10.9 Å². The summed E-state index contributed by atoms with van der Waals surface area (Å²) in [6, 6.07) is 13.9. The average molecular weight is 531 g/mol. The largest absolute Gasteiger partial charge is 0.489 e. The van der Waals surface area contributed by atoms with Crippen molar-refractivity contribution in [2.45, 2.75) is 56.8 Å². The maximum atomic E-state index is 15.1. The number of aromatic nitrogens is 1. The lowest BCUT2D eigenvalue weighted by Gasteiger charge is -2.31. The number of carbonyl (C=O) groups is 1. The first kappa shape index (κ1) is 24.9. The number of nitrogens with one attached hydrogen (secondary N) is 1. The number of hydrogen-bond acceptors (Lipinski definition) is 6. The van der Waals surface area contributed by atoms with E-state index in [0.717, 1.165) is 92.0 Å². The molecule has 7 rings (SSSR count). The van der Waals surface area contributed by atoms with E-state index in [2.05, 4.69) is 21.3 Å². The summed E-state index contributed by atoms with van der Waals surface area (Å²) in [6.07, 6.45) is 4.10. The van der Waals surface area contributed by atoms with Gasteiger partial charge in [-0.25, -0.2) is 9.37 Å². The number of hydrogen-bond donors (Lipinski definition) is 1. The van der Waals surface area contributed by atoms with Gasteiger partial charge < -0.3 is 19.7 Å². The molecule has 2 aromatic carbocycles. The molecular weight excluding hydrogens is 495 g/mol. The van der Waals surface area contributed by atoms with E-state index >= 15 is 4.39 Å². The summed E-state index contributed by atoms with van der Waals surface area (Å²) in [7, 11) is 0. The standard InChI is InChI=1S/C31H35FN4O3/c32-28-13-20(12-21-3-6-29(34-30(21)28)22-8-11-38-19-22)16-35-10-7-26(18-35)39-25-4-5-27-23(14-25)17-36(31(27)37)24-2-1-9-33-15-24/h3-6,12-14,22,24,26,33H,1-2,7-11,15-19H2/t22-,24-,26-/m0/s1. The number of piperidine rings is 1. The first-order valence-corrected chi connectivity index (χ1v) is 14.3. The number of halogens is 1. The monoisotopic (exact) mass is 530 g/mol. The Hall–Kier alpha value is -3.07. The van der Waals surface area contributed by atoms with Gasteiger partial charge in [0.05, 0.1) is 6.61 Å². The van der Waals surface area contributed by atoms with Crippen LogP contribution < -0.4 is 10.1 Å². The number of likely N-dealkylation sites (tertiary alicyclic amines) is 1. The van der Waals surface area contributed by atoms with Crippen LogP contribution in [-0.4, -0.2) is 72.2 Å². The maximum absolute atomic E-state index is 15.1. The molecule has 8 heteroatoms. The van der Waals surface area contributed by atoms with Gasteiger partial charge in [-0.15, -0.1) is 0 Å². The zero-order valence-electron chi connectivity index (χ0n) is 22.2. The van der Waals surface area contributed by atoms with Gasteiger partial charge in [-0.2, -0.15) is 0 Å². The quantitative estimate of drug-likeness (QED) is 0.515. The van der Waals surface area contributed by atoms with E-state index in [-0.39, 0.29) is 29.8 Å². The fourth-order valence-corrected chi connectivity index (χ4v) is 6.63. The molecule has 0 aliphatic carbocycles. The lowest BCUT2D eigenvalue weighted by molar-refractivity contribution is 0.0674. The number of rotatable bonds is 6. The lowest BCUT2D eigenvalue weighted by Crippen LogP contribution is -2.46. The molecule has 0 bridgehead atoms. The second kappa shape index (κ2) is 10.5. The highest BCUT2D eigenvalue weighted by molar-refractivity contribution is 5.98. The molecule has 5 heterocycles. The van der Waals surface area contributed by atoms with E-state index in [1.54, 1.807) is 6.07 Å². The van der Waals surface area contributed by atoms with Crippen LogP contribution in [0, 0.1) is 5.82 Å². The number of fused-ring (bicyclic) bond motifs is 2. The van der Waals surface area contributed by atoms with E-state index in [1.807, 2.05) is 35.2 Å². The molecule has 3 aromatic rings. The Balaban J connectivity index is 0.981. The van der Waals surface area contributed by atoms with Crippen LogP contribution in [0.5, 0.6) is 5.75 Å². The predicted octanol–water partition coefficient (Wildman–Crippen LogP) is 4.24. The minimum absolute atomic E-state index is 0.0713. The molecule has 4 aliphatic rings. The topological polar surface area (TPSA) is 66.9 Å². The Morgan fingerprint density at radius 1 is 1.13 bits per heavy atom. The lowest BCUT2D eigenvalue weighted by atomic mass is 10.0. The second-order valence-corrected chi connectivity index (χ2v) is 11.5. The number of pyridine rings is 1. The SMILES string of the molecule is O=C1c2ccc(O[C@H]3CCN(Cc4cc(F)c5nc([C@H]6CCOC6)ccc5c4)C3)cc2CN1[C@H]1CCCNC1. The predicted molar refractivity (Wildman–Crippen MR) is 146 cm³/mol. The molecule has 1 N–H and O–H groups in total. The molecule has 39 heavy (non-hydrogen) atoms. The van der Waals surface area contributed by atoms with E-state index in [1.165, 1.54) is 0 Å². The van der Waals surface area contributed by atoms with E-state index in [0.29, 0.717) is 25.2 Å². The highest BCUT2D eigenvalue weighted by Gasteiger charge is 2.34. The Kier molecular flexibility index (Phi) is 6.70. The molecule has 4 aliphatic heterocycles. The molecule has 1 aromatic heterocycles. The first-order valence-electron chi connectivity index (χ1n) is 14.3. The number of amides is 1. The number of benzene rings is 2. The molecule has 0 radical (unpaired) electrons. The summed E-state index contributed by atoms with van der Waals surface area (Å²) in [5.74, 6) is 0.956. The van der Waals surface area contributed by atoms with Crippen LogP contribution in [0.3, 0.4) is 0 Å². The molecule has 3 fully saturated rings. The fraction of sp³-hybridized carbons (Fsp3) is 0.484. The summed E-state index contributed by atoms with van der Waals surface area (Å²) < 4.78 is 26.9.